The highest BCUT2D eigenvalue weighted by Gasteiger charge is 2.15. The lowest BCUT2D eigenvalue weighted by atomic mass is 10.2. The molecular formula is C17H27N3O3. The Morgan fingerprint density at radius 2 is 1.61 bits per heavy atom. The fourth-order valence-electron chi connectivity index (χ4n) is 1.64. The largest absolute Gasteiger partial charge is 0.444 e. The minimum atomic E-state index is -0.492. The molecule has 6 heteroatoms. The van der Waals surface area contributed by atoms with Crippen LogP contribution in [0.5, 0.6) is 0 Å². The van der Waals surface area contributed by atoms with E-state index in [9.17, 15) is 9.59 Å². The van der Waals surface area contributed by atoms with Crippen molar-refractivity contribution in [3.8, 4) is 0 Å². The number of hydrogen-bond donors (Lipinski definition) is 3. The fourth-order valence-corrected chi connectivity index (χ4v) is 1.64. The van der Waals surface area contributed by atoms with Gasteiger partial charge in [0.2, 0.25) is 5.91 Å². The predicted molar refractivity (Wildman–Crippen MR) is 92.6 cm³/mol. The highest BCUT2D eigenvalue weighted by atomic mass is 16.6. The molecule has 1 aromatic carbocycles. The standard InChI is InChI=1S/C17H27N3O3/c1-12(2)15(21)20-14-8-6-13(7-9-14)18-10-11-19-16(22)23-17(3,4)5/h6-9,12,18H,10-11H2,1-5H3,(H,19,22)(H,20,21). The highest BCUT2D eigenvalue weighted by molar-refractivity contribution is 5.92. The Hall–Kier alpha value is -2.24. The smallest absolute Gasteiger partial charge is 0.407 e. The quantitative estimate of drug-likeness (QED) is 0.703. The first-order chi connectivity index (χ1) is 10.7. The maximum atomic E-state index is 11.6. The van der Waals surface area contributed by atoms with Gasteiger partial charge in [-0.1, -0.05) is 13.8 Å². The van der Waals surface area contributed by atoms with Gasteiger partial charge in [0, 0.05) is 30.4 Å². The summed E-state index contributed by atoms with van der Waals surface area (Å²) in [6.45, 7) is 10.2. The van der Waals surface area contributed by atoms with Crippen molar-refractivity contribution in [2.45, 2.75) is 40.2 Å². The molecule has 1 rings (SSSR count). The molecule has 0 unspecified atom stereocenters. The Balaban J connectivity index is 2.31. The van der Waals surface area contributed by atoms with Crippen molar-refractivity contribution in [3.63, 3.8) is 0 Å². The molecule has 0 radical (unpaired) electrons. The van der Waals surface area contributed by atoms with E-state index in [4.69, 9.17) is 4.74 Å². The zero-order valence-corrected chi connectivity index (χ0v) is 14.5. The van der Waals surface area contributed by atoms with E-state index >= 15 is 0 Å². The van der Waals surface area contributed by atoms with Crippen molar-refractivity contribution < 1.29 is 14.3 Å². The van der Waals surface area contributed by atoms with Crippen LogP contribution in [-0.4, -0.2) is 30.7 Å². The summed E-state index contributed by atoms with van der Waals surface area (Å²) >= 11 is 0. The van der Waals surface area contributed by atoms with E-state index in [1.54, 1.807) is 0 Å². The van der Waals surface area contributed by atoms with Crippen LogP contribution in [0.4, 0.5) is 16.2 Å². The van der Waals surface area contributed by atoms with Crippen molar-refractivity contribution in [3.05, 3.63) is 24.3 Å². The van der Waals surface area contributed by atoms with E-state index in [2.05, 4.69) is 16.0 Å². The van der Waals surface area contributed by atoms with Gasteiger partial charge in [0.05, 0.1) is 0 Å². The second kappa shape index (κ2) is 8.41. The monoisotopic (exact) mass is 321 g/mol. The molecule has 0 bridgehead atoms. The maximum absolute atomic E-state index is 11.6. The second-order valence-electron chi connectivity index (χ2n) is 6.58. The summed E-state index contributed by atoms with van der Waals surface area (Å²) < 4.78 is 5.14. The van der Waals surface area contributed by atoms with Gasteiger partial charge in [-0.3, -0.25) is 4.79 Å². The molecule has 1 aromatic rings. The first-order valence-electron chi connectivity index (χ1n) is 7.79. The topological polar surface area (TPSA) is 79.5 Å². The number of ether oxygens (including phenoxy) is 1. The summed E-state index contributed by atoms with van der Waals surface area (Å²) in [5, 5.41) is 8.69. The average molecular weight is 321 g/mol. The molecule has 0 heterocycles. The molecule has 0 spiro atoms. The van der Waals surface area contributed by atoms with Crippen LogP contribution in [0, 0.1) is 5.92 Å². The van der Waals surface area contributed by atoms with Crippen molar-refractivity contribution in [2.24, 2.45) is 5.92 Å². The van der Waals surface area contributed by atoms with Gasteiger partial charge in [-0.15, -0.1) is 0 Å². The summed E-state index contributed by atoms with van der Waals surface area (Å²) in [6, 6.07) is 7.43. The molecule has 23 heavy (non-hydrogen) atoms. The highest BCUT2D eigenvalue weighted by Crippen LogP contribution is 2.14. The van der Waals surface area contributed by atoms with E-state index in [1.807, 2.05) is 58.9 Å². The lowest BCUT2D eigenvalue weighted by Crippen LogP contribution is -2.34. The van der Waals surface area contributed by atoms with Crippen LogP contribution in [0.2, 0.25) is 0 Å². The average Bonchev–Trinajstić information content (AvgIpc) is 2.43. The first-order valence-corrected chi connectivity index (χ1v) is 7.79. The van der Waals surface area contributed by atoms with Crippen molar-refractivity contribution in [1.82, 2.24) is 5.32 Å². The van der Waals surface area contributed by atoms with Crippen LogP contribution in [0.1, 0.15) is 34.6 Å². The van der Waals surface area contributed by atoms with Crippen LogP contribution in [0.15, 0.2) is 24.3 Å². The maximum Gasteiger partial charge on any atom is 0.407 e. The van der Waals surface area contributed by atoms with E-state index in [0.717, 1.165) is 11.4 Å². The molecule has 2 amide bonds. The molecule has 0 aromatic heterocycles. The Labute approximate surface area is 138 Å². The number of carbonyl (C=O) groups excluding carboxylic acids is 2. The van der Waals surface area contributed by atoms with Crippen molar-refractivity contribution in [1.29, 1.82) is 0 Å². The summed E-state index contributed by atoms with van der Waals surface area (Å²) in [5.74, 6) is -0.0565. The van der Waals surface area contributed by atoms with Crippen LogP contribution >= 0.6 is 0 Å². The van der Waals surface area contributed by atoms with Gasteiger partial charge < -0.3 is 20.7 Å². The molecule has 6 nitrogen and oxygen atoms in total. The van der Waals surface area contributed by atoms with Crippen LogP contribution < -0.4 is 16.0 Å². The number of benzene rings is 1. The number of amides is 2. The second-order valence-corrected chi connectivity index (χ2v) is 6.58. The van der Waals surface area contributed by atoms with Gasteiger partial charge in [0.15, 0.2) is 0 Å². The van der Waals surface area contributed by atoms with E-state index < -0.39 is 11.7 Å². The molecule has 0 atom stereocenters. The molecule has 0 aliphatic heterocycles. The fraction of sp³-hybridized carbons (Fsp3) is 0.529. The number of carbonyl (C=O) groups is 2. The summed E-state index contributed by atoms with van der Waals surface area (Å²) in [5.41, 5.74) is 1.19. The molecule has 0 saturated heterocycles. The zero-order valence-electron chi connectivity index (χ0n) is 14.5. The summed E-state index contributed by atoms with van der Waals surface area (Å²) in [6.07, 6.45) is -0.425. The van der Waals surface area contributed by atoms with Gasteiger partial charge in [-0.25, -0.2) is 4.79 Å². The molecule has 128 valence electrons. The third-order valence-electron chi connectivity index (χ3n) is 2.80. The summed E-state index contributed by atoms with van der Waals surface area (Å²) in [4.78, 5) is 23.1. The van der Waals surface area contributed by atoms with Gasteiger partial charge in [-0.2, -0.15) is 0 Å². The number of nitrogens with one attached hydrogen (secondary N) is 3. The Kier molecular flexibility index (Phi) is 6.88. The molecule has 0 aliphatic carbocycles. The number of hydrogen-bond acceptors (Lipinski definition) is 4. The van der Waals surface area contributed by atoms with E-state index in [1.165, 1.54) is 0 Å². The lowest BCUT2D eigenvalue weighted by molar-refractivity contribution is -0.118. The van der Waals surface area contributed by atoms with Gasteiger partial charge >= 0.3 is 6.09 Å². The van der Waals surface area contributed by atoms with Crippen LogP contribution in [0.3, 0.4) is 0 Å². The van der Waals surface area contributed by atoms with Gasteiger partial charge in [-0.05, 0) is 45.0 Å². The Morgan fingerprint density at radius 3 is 2.13 bits per heavy atom. The summed E-state index contributed by atoms with van der Waals surface area (Å²) in [7, 11) is 0. The lowest BCUT2D eigenvalue weighted by Gasteiger charge is -2.19. The van der Waals surface area contributed by atoms with E-state index in [0.29, 0.717) is 13.1 Å². The number of rotatable bonds is 6. The molecule has 3 N–H and O–H groups in total. The van der Waals surface area contributed by atoms with Gasteiger partial charge in [0.25, 0.3) is 0 Å². The molecule has 0 aliphatic rings. The SMILES string of the molecule is CC(C)C(=O)Nc1ccc(NCCNC(=O)OC(C)(C)C)cc1. The van der Waals surface area contributed by atoms with Crippen LogP contribution in [-0.2, 0) is 9.53 Å². The minimum absolute atomic E-state index is 0.00716. The molecule has 0 fully saturated rings. The molecule has 0 saturated carbocycles. The van der Waals surface area contributed by atoms with Crippen molar-refractivity contribution >= 4 is 23.4 Å². The normalized spacial score (nSPS) is 11.0. The third-order valence-corrected chi connectivity index (χ3v) is 2.80. The predicted octanol–water partition coefficient (Wildman–Crippen LogP) is 3.22. The number of anilines is 2. The Morgan fingerprint density at radius 1 is 1.04 bits per heavy atom. The van der Waals surface area contributed by atoms with Crippen molar-refractivity contribution in [2.75, 3.05) is 23.7 Å². The van der Waals surface area contributed by atoms with Crippen LogP contribution in [0.25, 0.3) is 0 Å². The van der Waals surface area contributed by atoms with E-state index in [-0.39, 0.29) is 11.8 Å². The minimum Gasteiger partial charge on any atom is -0.444 e. The Bertz CT molecular complexity index is 519. The number of alkyl carbamates (subject to hydrolysis) is 1. The first kappa shape index (κ1) is 18.8. The van der Waals surface area contributed by atoms with Gasteiger partial charge in [0.1, 0.15) is 5.60 Å². The third kappa shape index (κ3) is 8.09. The zero-order chi connectivity index (χ0) is 17.5. The molecular weight excluding hydrogens is 294 g/mol.